The van der Waals surface area contributed by atoms with Gasteiger partial charge in [0.2, 0.25) is 0 Å². The van der Waals surface area contributed by atoms with Crippen molar-refractivity contribution >= 4 is 11.7 Å². The van der Waals surface area contributed by atoms with E-state index in [1.807, 2.05) is 13.0 Å². The second-order valence-electron chi connectivity index (χ2n) is 3.83. The lowest BCUT2D eigenvalue weighted by atomic mass is 10.2. The maximum absolute atomic E-state index is 10.8. The van der Waals surface area contributed by atoms with E-state index in [2.05, 4.69) is 9.88 Å². The van der Waals surface area contributed by atoms with Crippen molar-refractivity contribution in [2.45, 2.75) is 13.0 Å². The molecule has 5 heteroatoms. The highest BCUT2D eigenvalue weighted by Gasteiger charge is 2.18. The number of rotatable bonds is 2. The fourth-order valence-electron chi connectivity index (χ4n) is 1.79. The highest BCUT2D eigenvalue weighted by Crippen LogP contribution is 2.17. The van der Waals surface area contributed by atoms with Crippen molar-refractivity contribution in [1.82, 2.24) is 4.98 Å². The Morgan fingerprint density at radius 1 is 1.69 bits per heavy atom. The Bertz CT molecular complexity index is 395. The molecule has 0 bridgehead atoms. The first-order valence-electron chi connectivity index (χ1n) is 5.22. The molecule has 0 amide bonds. The molecule has 1 unspecified atom stereocenters. The fourth-order valence-corrected chi connectivity index (χ4v) is 1.79. The van der Waals surface area contributed by atoms with Gasteiger partial charge in [-0.2, -0.15) is 0 Å². The normalized spacial score (nSPS) is 20.8. The summed E-state index contributed by atoms with van der Waals surface area (Å²) in [6, 6.07) is 3.42. The maximum Gasteiger partial charge on any atom is 0.354 e. The van der Waals surface area contributed by atoms with E-state index in [0.717, 1.165) is 18.8 Å². The topological polar surface area (TPSA) is 62.7 Å². The van der Waals surface area contributed by atoms with Crippen molar-refractivity contribution in [1.29, 1.82) is 0 Å². The summed E-state index contributed by atoms with van der Waals surface area (Å²) in [6.07, 6.45) is 1.70. The number of carboxylic acids is 1. The van der Waals surface area contributed by atoms with E-state index in [1.165, 1.54) is 6.20 Å². The zero-order valence-electron chi connectivity index (χ0n) is 9.09. The molecule has 1 aromatic heterocycles. The van der Waals surface area contributed by atoms with Crippen LogP contribution in [0.15, 0.2) is 18.3 Å². The van der Waals surface area contributed by atoms with Gasteiger partial charge in [-0.3, -0.25) is 0 Å². The van der Waals surface area contributed by atoms with Crippen molar-refractivity contribution in [3.8, 4) is 0 Å². The van der Waals surface area contributed by atoms with Gasteiger partial charge < -0.3 is 14.7 Å². The molecule has 86 valence electrons. The first-order chi connectivity index (χ1) is 7.66. The highest BCUT2D eigenvalue weighted by molar-refractivity contribution is 5.86. The number of morpholine rings is 1. The summed E-state index contributed by atoms with van der Waals surface area (Å²) < 4.78 is 5.43. The van der Waals surface area contributed by atoms with Gasteiger partial charge in [-0.15, -0.1) is 0 Å². The highest BCUT2D eigenvalue weighted by atomic mass is 16.5. The Kier molecular flexibility index (Phi) is 3.05. The number of pyridine rings is 1. The van der Waals surface area contributed by atoms with E-state index in [1.54, 1.807) is 6.07 Å². The van der Waals surface area contributed by atoms with Gasteiger partial charge in [0.05, 0.1) is 12.7 Å². The van der Waals surface area contributed by atoms with Crippen molar-refractivity contribution in [3.63, 3.8) is 0 Å². The number of aromatic nitrogens is 1. The largest absolute Gasteiger partial charge is 0.477 e. The minimum atomic E-state index is -0.997. The number of aromatic carboxylic acids is 1. The number of carbonyl (C=O) groups is 1. The second-order valence-corrected chi connectivity index (χ2v) is 3.83. The Hall–Kier alpha value is -1.62. The van der Waals surface area contributed by atoms with Gasteiger partial charge in [0, 0.05) is 25.0 Å². The SMILES string of the molecule is CC1CN(c2ccnc(C(=O)O)c2)CCO1. The lowest BCUT2D eigenvalue weighted by molar-refractivity contribution is 0.0532. The monoisotopic (exact) mass is 222 g/mol. The Morgan fingerprint density at radius 2 is 2.50 bits per heavy atom. The molecule has 0 saturated carbocycles. The molecule has 5 nitrogen and oxygen atoms in total. The molecule has 0 radical (unpaired) electrons. The van der Waals surface area contributed by atoms with E-state index in [9.17, 15) is 4.79 Å². The molecule has 1 N–H and O–H groups in total. The molecular weight excluding hydrogens is 208 g/mol. The van der Waals surface area contributed by atoms with Crippen molar-refractivity contribution in [3.05, 3.63) is 24.0 Å². The van der Waals surface area contributed by atoms with Gasteiger partial charge >= 0.3 is 5.97 Å². The standard InChI is InChI=1S/C11H14N2O3/c1-8-7-13(4-5-16-8)9-2-3-12-10(6-9)11(14)15/h2-3,6,8H,4-5,7H2,1H3,(H,14,15). The van der Waals surface area contributed by atoms with Crippen LogP contribution in [0.25, 0.3) is 0 Å². The lowest BCUT2D eigenvalue weighted by Gasteiger charge is -2.32. The number of hydrogen-bond acceptors (Lipinski definition) is 4. The van der Waals surface area contributed by atoms with Crippen LogP contribution in [-0.2, 0) is 4.74 Å². The summed E-state index contributed by atoms with van der Waals surface area (Å²) >= 11 is 0. The summed E-state index contributed by atoms with van der Waals surface area (Å²) in [7, 11) is 0. The van der Waals surface area contributed by atoms with Crippen LogP contribution in [0.3, 0.4) is 0 Å². The van der Waals surface area contributed by atoms with Gasteiger partial charge in [0.15, 0.2) is 0 Å². The Balaban J connectivity index is 2.19. The molecule has 1 atom stereocenters. The third-order valence-corrected chi connectivity index (χ3v) is 2.57. The molecule has 2 heterocycles. The third kappa shape index (κ3) is 2.30. The summed E-state index contributed by atoms with van der Waals surface area (Å²) in [5.41, 5.74) is 0.971. The molecule has 1 aliphatic heterocycles. The number of ether oxygens (including phenoxy) is 1. The first kappa shape index (κ1) is 10.9. The molecule has 2 rings (SSSR count). The summed E-state index contributed by atoms with van der Waals surface area (Å²) in [5.74, 6) is -0.997. The van der Waals surface area contributed by atoms with Crippen LogP contribution in [0, 0.1) is 0 Å². The molecule has 0 aliphatic carbocycles. The molecule has 1 aliphatic rings. The van der Waals surface area contributed by atoms with E-state index in [4.69, 9.17) is 9.84 Å². The zero-order valence-corrected chi connectivity index (χ0v) is 9.09. The maximum atomic E-state index is 10.8. The van der Waals surface area contributed by atoms with E-state index in [0.29, 0.717) is 6.61 Å². The molecule has 16 heavy (non-hydrogen) atoms. The molecule has 1 saturated heterocycles. The van der Waals surface area contributed by atoms with Gasteiger partial charge in [-0.1, -0.05) is 0 Å². The average Bonchev–Trinajstić information content (AvgIpc) is 2.29. The molecule has 0 spiro atoms. The van der Waals surface area contributed by atoms with Crippen molar-refractivity contribution < 1.29 is 14.6 Å². The molecule has 0 aromatic carbocycles. The van der Waals surface area contributed by atoms with Crippen LogP contribution in [0.4, 0.5) is 5.69 Å². The van der Waals surface area contributed by atoms with E-state index in [-0.39, 0.29) is 11.8 Å². The number of hydrogen-bond donors (Lipinski definition) is 1. The summed E-state index contributed by atoms with van der Waals surface area (Å²) in [4.78, 5) is 16.7. The minimum Gasteiger partial charge on any atom is -0.477 e. The van der Waals surface area contributed by atoms with Crippen LogP contribution in [-0.4, -0.2) is 41.9 Å². The predicted octanol–water partition coefficient (Wildman–Crippen LogP) is 1.00. The van der Waals surface area contributed by atoms with Gasteiger partial charge in [-0.05, 0) is 19.1 Å². The average molecular weight is 222 g/mol. The zero-order chi connectivity index (χ0) is 11.5. The summed E-state index contributed by atoms with van der Waals surface area (Å²) in [5, 5.41) is 8.85. The fraction of sp³-hybridized carbons (Fsp3) is 0.455. The number of nitrogens with zero attached hydrogens (tertiary/aromatic N) is 2. The van der Waals surface area contributed by atoms with Gasteiger partial charge in [-0.25, -0.2) is 9.78 Å². The lowest BCUT2D eigenvalue weighted by Crippen LogP contribution is -2.41. The predicted molar refractivity (Wildman–Crippen MR) is 58.8 cm³/mol. The number of carboxylic acid groups (broad SMARTS) is 1. The Labute approximate surface area is 93.7 Å². The molecule has 1 aromatic rings. The van der Waals surface area contributed by atoms with Crippen molar-refractivity contribution in [2.24, 2.45) is 0 Å². The Morgan fingerprint density at radius 3 is 3.19 bits per heavy atom. The van der Waals surface area contributed by atoms with Crippen LogP contribution >= 0.6 is 0 Å². The molecular formula is C11H14N2O3. The number of anilines is 1. The molecule has 1 fully saturated rings. The van der Waals surface area contributed by atoms with E-state index >= 15 is 0 Å². The van der Waals surface area contributed by atoms with Gasteiger partial charge in [0.1, 0.15) is 5.69 Å². The van der Waals surface area contributed by atoms with Crippen molar-refractivity contribution in [2.75, 3.05) is 24.6 Å². The second kappa shape index (κ2) is 4.49. The minimum absolute atomic E-state index is 0.0802. The van der Waals surface area contributed by atoms with E-state index < -0.39 is 5.97 Å². The van der Waals surface area contributed by atoms with Gasteiger partial charge in [0.25, 0.3) is 0 Å². The van der Waals surface area contributed by atoms with Crippen LogP contribution < -0.4 is 4.90 Å². The quantitative estimate of drug-likeness (QED) is 0.809. The summed E-state index contributed by atoms with van der Waals surface area (Å²) in [6.45, 7) is 4.24. The third-order valence-electron chi connectivity index (χ3n) is 2.57. The van der Waals surface area contributed by atoms with Crippen LogP contribution in [0.1, 0.15) is 17.4 Å². The first-order valence-corrected chi connectivity index (χ1v) is 5.22. The van der Waals surface area contributed by atoms with Crippen LogP contribution in [0.5, 0.6) is 0 Å². The van der Waals surface area contributed by atoms with Crippen LogP contribution in [0.2, 0.25) is 0 Å². The smallest absolute Gasteiger partial charge is 0.354 e.